The molecule has 0 heterocycles. The fraction of sp³-hybridized carbons (Fsp3) is 0.596. The molecule has 4 nitrogen and oxygen atoms in total. The molecule has 0 aromatic heterocycles. The fourth-order valence-electron chi connectivity index (χ4n) is 5.35. The number of hydrogen-bond acceptors (Lipinski definition) is 3. The van der Waals surface area contributed by atoms with E-state index in [-0.39, 0.29) is 12.5 Å². The highest BCUT2D eigenvalue weighted by Crippen LogP contribution is 2.11. The van der Waals surface area contributed by atoms with Crippen molar-refractivity contribution < 1.29 is 15.0 Å². The van der Waals surface area contributed by atoms with Gasteiger partial charge in [-0.2, -0.15) is 0 Å². The molecule has 0 aliphatic carbocycles. The van der Waals surface area contributed by atoms with E-state index in [0.29, 0.717) is 6.42 Å². The number of unbranched alkanes of at least 4 members (excludes halogenated alkanes) is 12. The lowest BCUT2D eigenvalue weighted by Crippen LogP contribution is -2.45. The van der Waals surface area contributed by atoms with Crippen molar-refractivity contribution in [2.75, 3.05) is 6.61 Å². The molecular formula is C47H77NO3. The predicted molar refractivity (Wildman–Crippen MR) is 225 cm³/mol. The van der Waals surface area contributed by atoms with Crippen LogP contribution in [0.2, 0.25) is 0 Å². The maximum absolute atomic E-state index is 12.3. The molecule has 51 heavy (non-hydrogen) atoms. The monoisotopic (exact) mass is 704 g/mol. The maximum Gasteiger partial charge on any atom is 0.220 e. The molecule has 2 atom stereocenters. The van der Waals surface area contributed by atoms with Crippen molar-refractivity contribution in [3.63, 3.8) is 0 Å². The first-order valence-electron chi connectivity index (χ1n) is 20.6. The fourth-order valence-corrected chi connectivity index (χ4v) is 5.35. The van der Waals surface area contributed by atoms with Gasteiger partial charge in [0.1, 0.15) is 0 Å². The van der Waals surface area contributed by atoms with Crippen LogP contribution >= 0.6 is 0 Å². The number of aliphatic hydroxyl groups is 2. The van der Waals surface area contributed by atoms with Crippen molar-refractivity contribution in [2.45, 2.75) is 174 Å². The molecule has 0 bridgehead atoms. The number of carbonyl (C=O) groups excluding carboxylic acids is 1. The van der Waals surface area contributed by atoms with Crippen molar-refractivity contribution in [3.8, 4) is 0 Å². The van der Waals surface area contributed by atoms with Gasteiger partial charge in [-0.1, -0.05) is 175 Å². The van der Waals surface area contributed by atoms with E-state index in [0.717, 1.165) is 89.9 Å². The van der Waals surface area contributed by atoms with Crippen LogP contribution in [0.1, 0.15) is 162 Å². The minimum atomic E-state index is -0.872. The van der Waals surface area contributed by atoms with E-state index >= 15 is 0 Å². The van der Waals surface area contributed by atoms with Crippen LogP contribution in [0.25, 0.3) is 0 Å². The predicted octanol–water partition coefficient (Wildman–Crippen LogP) is 12.8. The van der Waals surface area contributed by atoms with E-state index in [2.05, 4.69) is 116 Å². The lowest BCUT2D eigenvalue weighted by molar-refractivity contribution is -0.123. The molecule has 0 spiro atoms. The summed E-state index contributed by atoms with van der Waals surface area (Å²) in [7, 11) is 0. The van der Waals surface area contributed by atoms with Crippen LogP contribution in [-0.2, 0) is 4.79 Å². The summed E-state index contributed by atoms with van der Waals surface area (Å²) < 4.78 is 0. The van der Waals surface area contributed by atoms with Crippen molar-refractivity contribution in [2.24, 2.45) is 0 Å². The molecule has 0 aromatic rings. The van der Waals surface area contributed by atoms with Crippen LogP contribution in [0.15, 0.2) is 109 Å². The largest absolute Gasteiger partial charge is 0.394 e. The van der Waals surface area contributed by atoms with Gasteiger partial charge in [-0.25, -0.2) is 0 Å². The summed E-state index contributed by atoms with van der Waals surface area (Å²) in [5, 5.41) is 22.8. The summed E-state index contributed by atoms with van der Waals surface area (Å²) >= 11 is 0. The molecule has 0 aromatic carbocycles. The third-order valence-electron chi connectivity index (χ3n) is 8.49. The number of allylic oxidation sites excluding steroid dienone is 17. The van der Waals surface area contributed by atoms with Gasteiger partial charge >= 0.3 is 0 Å². The lowest BCUT2D eigenvalue weighted by Gasteiger charge is -2.19. The van der Waals surface area contributed by atoms with Crippen LogP contribution in [0.4, 0.5) is 0 Å². The molecule has 0 radical (unpaired) electrons. The van der Waals surface area contributed by atoms with Gasteiger partial charge in [0.25, 0.3) is 0 Å². The standard InChI is InChI=1S/C47H77NO3/c1-3-5-7-9-11-13-15-16-17-18-19-20-21-22-23-24-25-26-27-28-29-30-31-32-33-35-37-39-41-43-47(51)48-45(44-49)46(50)42-40-38-36-34-14-12-10-8-6-4-2/h5,7,11,13-14,16-17,19-20,22-23,25-26,28-29,34,40,42,45-46,49-50H,3-4,6,8-10,12,15,18,21,24,27,30-33,35-39,41,43-44H2,1-2H3,(H,48,51)/b7-5-,13-11-,17-16-,20-19-,23-22-,26-25-,29-28-,34-14+,42-40+. The molecule has 0 saturated carbocycles. The van der Waals surface area contributed by atoms with Crippen LogP contribution in [0, 0.1) is 0 Å². The second kappa shape index (κ2) is 41.5. The van der Waals surface area contributed by atoms with Crippen molar-refractivity contribution >= 4 is 5.91 Å². The smallest absolute Gasteiger partial charge is 0.220 e. The molecule has 2 unspecified atom stereocenters. The van der Waals surface area contributed by atoms with Gasteiger partial charge in [0.15, 0.2) is 0 Å². The number of hydrogen-bond donors (Lipinski definition) is 3. The Morgan fingerprint density at radius 3 is 1.37 bits per heavy atom. The topological polar surface area (TPSA) is 69.6 Å². The minimum Gasteiger partial charge on any atom is -0.394 e. The average molecular weight is 704 g/mol. The van der Waals surface area contributed by atoms with Gasteiger partial charge in [-0.15, -0.1) is 0 Å². The first-order chi connectivity index (χ1) is 25.2. The lowest BCUT2D eigenvalue weighted by atomic mass is 10.1. The highest BCUT2D eigenvalue weighted by Gasteiger charge is 2.17. The van der Waals surface area contributed by atoms with Crippen LogP contribution in [-0.4, -0.2) is 34.9 Å². The van der Waals surface area contributed by atoms with Gasteiger partial charge in [-0.05, 0) is 89.9 Å². The number of aliphatic hydroxyl groups excluding tert-OH is 2. The van der Waals surface area contributed by atoms with Crippen LogP contribution in [0.5, 0.6) is 0 Å². The van der Waals surface area contributed by atoms with Crippen LogP contribution in [0.3, 0.4) is 0 Å². The first-order valence-corrected chi connectivity index (χ1v) is 20.6. The Balaban J connectivity index is 3.69. The van der Waals surface area contributed by atoms with Crippen molar-refractivity contribution in [1.29, 1.82) is 0 Å². The number of nitrogens with one attached hydrogen (secondary N) is 1. The van der Waals surface area contributed by atoms with Gasteiger partial charge in [0, 0.05) is 6.42 Å². The zero-order valence-electron chi connectivity index (χ0n) is 32.8. The van der Waals surface area contributed by atoms with Gasteiger partial charge in [0.05, 0.1) is 18.8 Å². The highest BCUT2D eigenvalue weighted by molar-refractivity contribution is 5.76. The Bertz CT molecular complexity index is 1030. The number of rotatable bonds is 35. The third kappa shape index (κ3) is 38.1. The van der Waals surface area contributed by atoms with Gasteiger partial charge in [0.2, 0.25) is 5.91 Å². The first kappa shape index (κ1) is 48.0. The van der Waals surface area contributed by atoms with Gasteiger partial charge in [-0.3, -0.25) is 4.79 Å². The zero-order chi connectivity index (χ0) is 37.1. The average Bonchev–Trinajstić information content (AvgIpc) is 3.13. The quantitative estimate of drug-likeness (QED) is 0.0454. The normalized spacial score (nSPS) is 14.2. The highest BCUT2D eigenvalue weighted by atomic mass is 16.3. The van der Waals surface area contributed by atoms with E-state index in [4.69, 9.17) is 0 Å². The molecule has 288 valence electrons. The second-order valence-electron chi connectivity index (χ2n) is 13.3. The molecule has 3 N–H and O–H groups in total. The summed E-state index contributed by atoms with van der Waals surface area (Å²) in [6.45, 7) is 4.12. The summed E-state index contributed by atoms with van der Waals surface area (Å²) in [5.41, 5.74) is 0. The summed E-state index contributed by atoms with van der Waals surface area (Å²) in [4.78, 5) is 12.3. The van der Waals surface area contributed by atoms with E-state index in [1.807, 2.05) is 6.08 Å². The SMILES string of the molecule is CC/C=C\C/C=C\C/C=C\C/C=C\C/C=C\C/C=C\C/C=C\CCCCCCCCCC(=O)NC(CO)C(O)/C=C/CC/C=C/CCCCCC. The molecule has 0 fully saturated rings. The molecule has 0 aliphatic rings. The molecule has 0 rings (SSSR count). The molecule has 1 amide bonds. The Hall–Kier alpha value is -2.95. The maximum atomic E-state index is 12.3. The van der Waals surface area contributed by atoms with E-state index in [1.165, 1.54) is 51.4 Å². The Labute approximate surface area is 315 Å². The Morgan fingerprint density at radius 2 is 0.882 bits per heavy atom. The van der Waals surface area contributed by atoms with Crippen LogP contribution < -0.4 is 5.32 Å². The zero-order valence-corrected chi connectivity index (χ0v) is 32.8. The number of carbonyl (C=O) groups is 1. The summed E-state index contributed by atoms with van der Waals surface area (Å²) in [5.74, 6) is -0.0942. The third-order valence-corrected chi connectivity index (χ3v) is 8.49. The van der Waals surface area contributed by atoms with Crippen molar-refractivity contribution in [3.05, 3.63) is 109 Å². The van der Waals surface area contributed by atoms with E-state index in [9.17, 15) is 15.0 Å². The minimum absolute atomic E-state index is 0.0942. The number of amides is 1. The van der Waals surface area contributed by atoms with E-state index < -0.39 is 12.1 Å². The molecule has 0 aliphatic heterocycles. The van der Waals surface area contributed by atoms with Crippen molar-refractivity contribution in [1.82, 2.24) is 5.32 Å². The molecule has 4 heteroatoms. The second-order valence-corrected chi connectivity index (χ2v) is 13.3. The van der Waals surface area contributed by atoms with Gasteiger partial charge < -0.3 is 15.5 Å². The molecular weight excluding hydrogens is 627 g/mol. The Morgan fingerprint density at radius 1 is 0.490 bits per heavy atom. The summed E-state index contributed by atoms with van der Waals surface area (Å²) in [6.07, 6.45) is 63.3. The Kier molecular flexibility index (Phi) is 39.1. The molecule has 0 saturated heterocycles. The van der Waals surface area contributed by atoms with E-state index in [1.54, 1.807) is 6.08 Å². The summed E-state index contributed by atoms with van der Waals surface area (Å²) in [6, 6.07) is -0.650.